The summed E-state index contributed by atoms with van der Waals surface area (Å²) in [6, 6.07) is 7.74. The monoisotopic (exact) mass is 357 g/mol. The number of likely N-dealkylation sites (tertiary alicyclic amines) is 1. The van der Waals surface area contributed by atoms with Crippen LogP contribution in [0.15, 0.2) is 24.3 Å². The second-order valence-electron chi connectivity index (χ2n) is 7.30. The van der Waals surface area contributed by atoms with E-state index in [1.807, 2.05) is 45.0 Å². The molecule has 1 unspecified atom stereocenters. The fourth-order valence-electron chi connectivity index (χ4n) is 3.37. The van der Waals surface area contributed by atoms with Gasteiger partial charge < -0.3 is 14.7 Å². The van der Waals surface area contributed by atoms with Gasteiger partial charge in [-0.2, -0.15) is 5.10 Å². The van der Waals surface area contributed by atoms with Gasteiger partial charge in [0.15, 0.2) is 0 Å². The first-order valence-electron chi connectivity index (χ1n) is 9.06. The van der Waals surface area contributed by atoms with Gasteiger partial charge in [0, 0.05) is 18.7 Å². The number of ether oxygens (including phenoxy) is 1. The van der Waals surface area contributed by atoms with Gasteiger partial charge in [-0.3, -0.25) is 9.89 Å². The predicted octanol–water partition coefficient (Wildman–Crippen LogP) is 2.31. The molecule has 1 saturated heterocycles. The van der Waals surface area contributed by atoms with Gasteiger partial charge in [0.25, 0.3) is 0 Å². The maximum atomic E-state index is 12.5. The lowest BCUT2D eigenvalue weighted by molar-refractivity contribution is -0.131. The summed E-state index contributed by atoms with van der Waals surface area (Å²) in [4.78, 5) is 14.2. The summed E-state index contributed by atoms with van der Waals surface area (Å²) in [6.07, 6.45) is 1.63. The molecule has 0 bridgehead atoms. The Morgan fingerprint density at radius 3 is 2.69 bits per heavy atom. The Bertz CT molecular complexity index is 750. The number of carbonyl (C=O) groups is 1. The van der Waals surface area contributed by atoms with Gasteiger partial charge in [-0.05, 0) is 51.3 Å². The Labute approximate surface area is 154 Å². The Balaban J connectivity index is 1.50. The van der Waals surface area contributed by atoms with Gasteiger partial charge in [0.2, 0.25) is 5.91 Å². The second kappa shape index (κ2) is 7.50. The second-order valence-corrected chi connectivity index (χ2v) is 7.30. The zero-order valence-corrected chi connectivity index (χ0v) is 15.7. The van der Waals surface area contributed by atoms with Crippen LogP contribution in [0.5, 0.6) is 5.75 Å². The molecule has 1 aromatic heterocycles. The van der Waals surface area contributed by atoms with E-state index in [2.05, 4.69) is 10.2 Å². The van der Waals surface area contributed by atoms with Crippen molar-refractivity contribution < 1.29 is 14.6 Å². The lowest BCUT2D eigenvalue weighted by Gasteiger charge is -2.23. The van der Waals surface area contributed by atoms with E-state index >= 15 is 0 Å². The first kappa shape index (κ1) is 18.5. The molecule has 6 heteroatoms. The van der Waals surface area contributed by atoms with Crippen molar-refractivity contribution in [3.05, 3.63) is 46.8 Å². The minimum absolute atomic E-state index is 0.0660. The van der Waals surface area contributed by atoms with E-state index < -0.39 is 5.60 Å². The number of aryl methyl sites for hydroxylation is 3. The van der Waals surface area contributed by atoms with Crippen molar-refractivity contribution in [3.63, 3.8) is 0 Å². The van der Waals surface area contributed by atoms with Gasteiger partial charge >= 0.3 is 0 Å². The third-order valence-corrected chi connectivity index (χ3v) is 5.08. The molecule has 6 nitrogen and oxygen atoms in total. The topological polar surface area (TPSA) is 78.5 Å². The number of aliphatic hydroxyl groups is 1. The number of H-pyrrole nitrogens is 1. The molecule has 0 saturated carbocycles. The van der Waals surface area contributed by atoms with Crippen molar-refractivity contribution in [1.29, 1.82) is 0 Å². The summed E-state index contributed by atoms with van der Waals surface area (Å²) in [7, 11) is 0. The van der Waals surface area contributed by atoms with Crippen molar-refractivity contribution in [2.45, 2.75) is 45.6 Å². The summed E-state index contributed by atoms with van der Waals surface area (Å²) in [5, 5.41) is 17.8. The van der Waals surface area contributed by atoms with Gasteiger partial charge in [-0.15, -0.1) is 0 Å². The van der Waals surface area contributed by atoms with Crippen LogP contribution < -0.4 is 4.74 Å². The minimum atomic E-state index is -0.984. The van der Waals surface area contributed by atoms with E-state index in [1.54, 1.807) is 4.90 Å². The molecule has 1 aliphatic rings. The molecule has 2 N–H and O–H groups in total. The highest BCUT2D eigenvalue weighted by Gasteiger charge is 2.38. The molecular weight excluding hydrogens is 330 g/mol. The van der Waals surface area contributed by atoms with Crippen LogP contribution in [0.2, 0.25) is 0 Å². The average molecular weight is 357 g/mol. The zero-order chi connectivity index (χ0) is 18.7. The minimum Gasteiger partial charge on any atom is -0.491 e. The Morgan fingerprint density at radius 2 is 2.04 bits per heavy atom. The van der Waals surface area contributed by atoms with Gasteiger partial charge in [-0.1, -0.05) is 17.7 Å². The fourth-order valence-corrected chi connectivity index (χ4v) is 3.37. The van der Waals surface area contributed by atoms with E-state index in [9.17, 15) is 9.90 Å². The highest BCUT2D eigenvalue weighted by atomic mass is 16.5. The van der Waals surface area contributed by atoms with Crippen LogP contribution in [0.25, 0.3) is 0 Å². The largest absolute Gasteiger partial charge is 0.491 e. The molecule has 1 fully saturated rings. The number of β-amino-alcohol motifs (C(OH)–C–C–N with tert-alkyl or cyclic N) is 1. The van der Waals surface area contributed by atoms with Crippen LogP contribution in [0.3, 0.4) is 0 Å². The Kier molecular flexibility index (Phi) is 5.32. The Hall–Kier alpha value is -2.34. The van der Waals surface area contributed by atoms with E-state index in [0.717, 1.165) is 28.3 Å². The van der Waals surface area contributed by atoms with E-state index in [0.29, 0.717) is 32.4 Å². The third-order valence-electron chi connectivity index (χ3n) is 5.08. The van der Waals surface area contributed by atoms with Crippen LogP contribution in [0, 0.1) is 20.8 Å². The van der Waals surface area contributed by atoms with Gasteiger partial charge in [0.05, 0.1) is 12.2 Å². The molecule has 1 amide bonds. The average Bonchev–Trinajstić information content (AvgIpc) is 3.16. The molecule has 2 aromatic rings. The summed E-state index contributed by atoms with van der Waals surface area (Å²) >= 11 is 0. The van der Waals surface area contributed by atoms with Crippen molar-refractivity contribution in [2.75, 3.05) is 19.7 Å². The molecule has 0 radical (unpaired) electrons. The molecule has 0 aliphatic carbocycles. The molecule has 26 heavy (non-hydrogen) atoms. The maximum Gasteiger partial charge on any atom is 0.223 e. The van der Waals surface area contributed by atoms with Crippen molar-refractivity contribution in [3.8, 4) is 5.75 Å². The van der Waals surface area contributed by atoms with Crippen LogP contribution in [-0.4, -0.2) is 51.4 Å². The molecular formula is C20H27N3O3. The number of aromatic amines is 1. The number of hydrogen-bond donors (Lipinski definition) is 2. The number of carbonyl (C=O) groups excluding carboxylic acids is 1. The van der Waals surface area contributed by atoms with Crippen molar-refractivity contribution in [1.82, 2.24) is 15.1 Å². The first-order valence-corrected chi connectivity index (χ1v) is 9.06. The van der Waals surface area contributed by atoms with Crippen LogP contribution in [0.4, 0.5) is 0 Å². The quantitative estimate of drug-likeness (QED) is 0.832. The van der Waals surface area contributed by atoms with E-state index in [-0.39, 0.29) is 12.5 Å². The number of nitrogens with one attached hydrogen (secondary N) is 1. The first-order chi connectivity index (χ1) is 12.4. The summed E-state index contributed by atoms with van der Waals surface area (Å²) in [6.45, 7) is 7.01. The summed E-state index contributed by atoms with van der Waals surface area (Å²) < 4.78 is 5.73. The molecule has 1 aromatic carbocycles. The molecule has 2 heterocycles. The van der Waals surface area contributed by atoms with Crippen molar-refractivity contribution in [2.24, 2.45) is 0 Å². The lowest BCUT2D eigenvalue weighted by Crippen LogP contribution is -2.40. The summed E-state index contributed by atoms with van der Waals surface area (Å²) in [5.74, 6) is 0.802. The van der Waals surface area contributed by atoms with Crippen molar-refractivity contribution >= 4 is 5.91 Å². The third kappa shape index (κ3) is 4.25. The smallest absolute Gasteiger partial charge is 0.223 e. The van der Waals surface area contributed by atoms with Crippen LogP contribution in [-0.2, 0) is 11.2 Å². The number of rotatable bonds is 6. The molecule has 140 valence electrons. The van der Waals surface area contributed by atoms with Gasteiger partial charge in [-0.25, -0.2) is 0 Å². The van der Waals surface area contributed by atoms with Gasteiger partial charge in [0.1, 0.15) is 18.0 Å². The molecule has 1 atom stereocenters. The highest BCUT2D eigenvalue weighted by Crippen LogP contribution is 2.24. The van der Waals surface area contributed by atoms with E-state index in [4.69, 9.17) is 4.74 Å². The van der Waals surface area contributed by atoms with Crippen LogP contribution in [0.1, 0.15) is 35.4 Å². The Morgan fingerprint density at radius 1 is 1.31 bits per heavy atom. The standard InChI is InChI=1S/C20H27N3O3/c1-14-4-6-17(7-5-14)26-13-20(25)10-11-23(12-20)19(24)9-8-18-15(2)21-22-16(18)3/h4-7,25H,8-13H2,1-3H3,(H,21,22). The number of nitrogens with zero attached hydrogens (tertiary/aromatic N) is 2. The molecule has 0 spiro atoms. The normalized spacial score (nSPS) is 19.8. The highest BCUT2D eigenvalue weighted by molar-refractivity contribution is 5.77. The number of benzene rings is 1. The van der Waals surface area contributed by atoms with Crippen LogP contribution >= 0.6 is 0 Å². The number of aromatic nitrogens is 2. The molecule has 3 rings (SSSR count). The predicted molar refractivity (Wildman–Crippen MR) is 99.2 cm³/mol. The number of hydrogen-bond acceptors (Lipinski definition) is 4. The maximum absolute atomic E-state index is 12.5. The molecule has 1 aliphatic heterocycles. The zero-order valence-electron chi connectivity index (χ0n) is 15.7. The van der Waals surface area contributed by atoms with E-state index in [1.165, 1.54) is 0 Å². The SMILES string of the molecule is Cc1ccc(OCC2(O)CCN(C(=O)CCc3c(C)n[nH]c3C)C2)cc1. The number of amides is 1. The fraction of sp³-hybridized carbons (Fsp3) is 0.500. The summed E-state index contributed by atoms with van der Waals surface area (Å²) in [5.41, 5.74) is 3.24. The lowest BCUT2D eigenvalue weighted by atomic mass is 10.1.